The molecule has 0 aromatic heterocycles. The number of hydrogen-bond acceptors (Lipinski definition) is 3. The normalized spacial score (nSPS) is 13.2. The first kappa shape index (κ1) is 12.9. The zero-order valence-electron chi connectivity index (χ0n) is 8.96. The Hall–Kier alpha value is -0.0900. The second-order valence-corrected chi connectivity index (χ2v) is 6.08. The van der Waals surface area contributed by atoms with Crippen molar-refractivity contribution in [2.24, 2.45) is 5.41 Å². The average molecular weight is 208 g/mol. The largest absolute Gasteiger partial charge is 0.270 e. The molecule has 0 atom stereocenters. The average Bonchev–Trinajstić information content (AvgIpc) is 1.81. The fourth-order valence-corrected chi connectivity index (χ4v) is 2.42. The van der Waals surface area contributed by atoms with E-state index in [-0.39, 0.29) is 11.2 Å². The van der Waals surface area contributed by atoms with Gasteiger partial charge in [0.15, 0.2) is 0 Å². The van der Waals surface area contributed by atoms with Crippen LogP contribution in [0, 0.1) is 5.41 Å². The lowest BCUT2D eigenvalue weighted by molar-refractivity contribution is 0.301. The molecule has 0 aliphatic rings. The molecule has 80 valence electrons. The highest BCUT2D eigenvalue weighted by atomic mass is 32.2. The third-order valence-corrected chi connectivity index (χ3v) is 3.12. The van der Waals surface area contributed by atoms with Crippen molar-refractivity contribution < 1.29 is 12.6 Å². The van der Waals surface area contributed by atoms with Gasteiger partial charge < -0.3 is 0 Å². The molecule has 4 heteroatoms. The summed E-state index contributed by atoms with van der Waals surface area (Å²) in [6.07, 6.45) is 1.74. The Labute approximate surface area is 81.6 Å². The molecule has 0 bridgehead atoms. The quantitative estimate of drug-likeness (QED) is 0.514. The lowest BCUT2D eigenvalue weighted by Gasteiger charge is -2.17. The van der Waals surface area contributed by atoms with Crippen molar-refractivity contribution in [3.05, 3.63) is 0 Å². The molecule has 0 unspecified atom stereocenters. The molecule has 0 rings (SSSR count). The van der Waals surface area contributed by atoms with Gasteiger partial charge in [0.2, 0.25) is 0 Å². The summed E-state index contributed by atoms with van der Waals surface area (Å²) in [5, 5.41) is 0. The van der Waals surface area contributed by atoms with Gasteiger partial charge in [-0.1, -0.05) is 34.1 Å². The molecule has 0 aliphatic carbocycles. The second kappa shape index (κ2) is 4.96. The molecule has 3 nitrogen and oxygen atoms in total. The van der Waals surface area contributed by atoms with E-state index in [1.54, 1.807) is 0 Å². The van der Waals surface area contributed by atoms with E-state index >= 15 is 0 Å². The molecule has 0 spiro atoms. The summed E-state index contributed by atoms with van der Waals surface area (Å²) in [4.78, 5) is 0. The number of rotatable bonds is 5. The summed E-state index contributed by atoms with van der Waals surface area (Å²) in [6.45, 7) is 7.96. The zero-order valence-corrected chi connectivity index (χ0v) is 9.78. The van der Waals surface area contributed by atoms with E-state index in [4.69, 9.17) is 4.18 Å². The van der Waals surface area contributed by atoms with Crippen LogP contribution in [0.4, 0.5) is 0 Å². The standard InChI is InChI=1S/C9H20O3S/c1-5-6-7-12-13(10,11)8-9(2,3)4/h5-8H2,1-4H3. The molecule has 0 aromatic rings. The van der Waals surface area contributed by atoms with Crippen molar-refractivity contribution in [3.63, 3.8) is 0 Å². The van der Waals surface area contributed by atoms with Crippen LogP contribution < -0.4 is 0 Å². The monoisotopic (exact) mass is 208 g/mol. The topological polar surface area (TPSA) is 43.4 Å². The maximum absolute atomic E-state index is 11.3. The molecule has 13 heavy (non-hydrogen) atoms. The summed E-state index contributed by atoms with van der Waals surface area (Å²) >= 11 is 0. The molecule has 0 saturated carbocycles. The smallest absolute Gasteiger partial charge is 0.267 e. The fraction of sp³-hybridized carbons (Fsp3) is 1.00. The van der Waals surface area contributed by atoms with Crippen LogP contribution in [0.1, 0.15) is 40.5 Å². The van der Waals surface area contributed by atoms with E-state index in [1.165, 1.54) is 0 Å². The van der Waals surface area contributed by atoms with Crippen LogP contribution in [0.15, 0.2) is 0 Å². The van der Waals surface area contributed by atoms with Crippen molar-refractivity contribution >= 4 is 10.1 Å². The van der Waals surface area contributed by atoms with Crippen LogP contribution >= 0.6 is 0 Å². The van der Waals surface area contributed by atoms with Crippen molar-refractivity contribution in [2.45, 2.75) is 40.5 Å². The van der Waals surface area contributed by atoms with E-state index in [0.29, 0.717) is 6.61 Å². The molecule has 0 heterocycles. The first-order valence-corrected chi connectivity index (χ1v) is 6.22. The molecule has 0 aliphatic heterocycles. The Morgan fingerprint density at radius 2 is 1.77 bits per heavy atom. The summed E-state index contributed by atoms with van der Waals surface area (Å²) in [7, 11) is -3.31. The number of unbranched alkanes of at least 4 members (excludes halogenated alkanes) is 1. The maximum Gasteiger partial charge on any atom is 0.267 e. The summed E-state index contributed by atoms with van der Waals surface area (Å²) in [6, 6.07) is 0. The Balaban J connectivity index is 3.96. The van der Waals surface area contributed by atoms with E-state index in [0.717, 1.165) is 12.8 Å². The Morgan fingerprint density at radius 3 is 2.15 bits per heavy atom. The van der Waals surface area contributed by atoms with Crippen LogP contribution in [0.5, 0.6) is 0 Å². The Bertz CT molecular complexity index is 224. The van der Waals surface area contributed by atoms with Crippen LogP contribution in [0.2, 0.25) is 0 Å². The van der Waals surface area contributed by atoms with Gasteiger partial charge in [-0.3, -0.25) is 4.18 Å². The highest BCUT2D eigenvalue weighted by Crippen LogP contribution is 2.17. The first-order valence-electron chi connectivity index (χ1n) is 4.64. The molecule has 0 aromatic carbocycles. The van der Waals surface area contributed by atoms with Gasteiger partial charge in [-0.15, -0.1) is 0 Å². The molecule has 0 fully saturated rings. The molecule has 0 N–H and O–H groups in total. The van der Waals surface area contributed by atoms with Gasteiger partial charge in [0, 0.05) is 0 Å². The highest BCUT2D eigenvalue weighted by molar-refractivity contribution is 7.86. The Morgan fingerprint density at radius 1 is 1.23 bits per heavy atom. The predicted octanol–water partition coefficient (Wildman–Crippen LogP) is 2.18. The van der Waals surface area contributed by atoms with Crippen molar-refractivity contribution in [3.8, 4) is 0 Å². The minimum absolute atomic E-state index is 0.0870. The minimum Gasteiger partial charge on any atom is -0.270 e. The lowest BCUT2D eigenvalue weighted by atomic mass is 10.0. The highest BCUT2D eigenvalue weighted by Gasteiger charge is 2.21. The summed E-state index contributed by atoms with van der Waals surface area (Å²) in [5.41, 5.74) is -0.231. The summed E-state index contributed by atoms with van der Waals surface area (Å²) < 4.78 is 27.4. The van der Waals surface area contributed by atoms with Gasteiger partial charge in [0.1, 0.15) is 0 Å². The lowest BCUT2D eigenvalue weighted by Crippen LogP contribution is -2.22. The molecular formula is C9H20O3S. The van der Waals surface area contributed by atoms with Crippen molar-refractivity contribution in [1.82, 2.24) is 0 Å². The van der Waals surface area contributed by atoms with Crippen LogP contribution in [-0.4, -0.2) is 20.8 Å². The van der Waals surface area contributed by atoms with E-state index in [1.807, 2.05) is 27.7 Å². The second-order valence-electron chi connectivity index (χ2n) is 4.44. The van der Waals surface area contributed by atoms with Crippen molar-refractivity contribution in [1.29, 1.82) is 0 Å². The van der Waals surface area contributed by atoms with Crippen LogP contribution in [0.3, 0.4) is 0 Å². The molecule has 0 radical (unpaired) electrons. The molecular weight excluding hydrogens is 188 g/mol. The van der Waals surface area contributed by atoms with Crippen molar-refractivity contribution in [2.75, 3.05) is 12.4 Å². The molecule has 0 saturated heterocycles. The van der Waals surface area contributed by atoms with E-state index in [2.05, 4.69) is 0 Å². The van der Waals surface area contributed by atoms with E-state index in [9.17, 15) is 8.42 Å². The van der Waals surface area contributed by atoms with Crippen LogP contribution in [0.25, 0.3) is 0 Å². The third kappa shape index (κ3) is 8.25. The fourth-order valence-electron chi connectivity index (χ4n) is 0.902. The van der Waals surface area contributed by atoms with Gasteiger partial charge in [-0.2, -0.15) is 8.42 Å². The van der Waals surface area contributed by atoms with Gasteiger partial charge >= 0.3 is 0 Å². The maximum atomic E-state index is 11.3. The van der Waals surface area contributed by atoms with Gasteiger partial charge in [-0.05, 0) is 11.8 Å². The first-order chi connectivity index (χ1) is 5.77. The van der Waals surface area contributed by atoms with Crippen LogP contribution in [-0.2, 0) is 14.3 Å². The molecule has 0 amide bonds. The Kier molecular flexibility index (Phi) is 4.92. The minimum atomic E-state index is -3.31. The number of hydrogen-bond donors (Lipinski definition) is 0. The zero-order chi connectivity index (χ0) is 10.5. The predicted molar refractivity (Wildman–Crippen MR) is 54.1 cm³/mol. The SMILES string of the molecule is CCCCOS(=O)(=O)CC(C)(C)C. The van der Waals surface area contributed by atoms with Gasteiger partial charge in [0.25, 0.3) is 10.1 Å². The van der Waals surface area contributed by atoms with Gasteiger partial charge in [-0.25, -0.2) is 0 Å². The summed E-state index contributed by atoms with van der Waals surface area (Å²) in [5.74, 6) is 0.0870. The van der Waals surface area contributed by atoms with E-state index < -0.39 is 10.1 Å². The third-order valence-electron chi connectivity index (χ3n) is 1.37. The van der Waals surface area contributed by atoms with Gasteiger partial charge in [0.05, 0.1) is 12.4 Å².